The number of nitro benzene ring substituents is 1. The monoisotopic (exact) mass is 363 g/mol. The molecule has 1 aromatic carbocycles. The molecule has 23 heavy (non-hydrogen) atoms. The summed E-state index contributed by atoms with van der Waals surface area (Å²) in [5.74, 6) is 0. The van der Waals surface area contributed by atoms with Crippen LogP contribution in [0.1, 0.15) is 30.9 Å². The Morgan fingerprint density at radius 2 is 1.96 bits per heavy atom. The van der Waals surface area contributed by atoms with Crippen molar-refractivity contribution < 1.29 is 13.3 Å². The van der Waals surface area contributed by atoms with Gasteiger partial charge in [0.1, 0.15) is 0 Å². The molecule has 2 N–H and O–H groups in total. The van der Waals surface area contributed by atoms with Crippen molar-refractivity contribution in [2.75, 3.05) is 6.54 Å². The second-order valence-electron chi connectivity index (χ2n) is 5.77. The summed E-state index contributed by atoms with van der Waals surface area (Å²) in [5.41, 5.74) is 0.780. The largest absolute Gasteiger partial charge is 0.313 e. The standard InChI is InChI=1S/C14H21N3O4S.ClH/c1-9-7-10(2)14(8-13(9)17(18)19)22(20,21)16-12-5-4-6-15-11(12)3;/h7-8,11-12,15-16H,4-6H2,1-3H3;1H. The summed E-state index contributed by atoms with van der Waals surface area (Å²) in [4.78, 5) is 10.5. The van der Waals surface area contributed by atoms with E-state index in [9.17, 15) is 18.5 Å². The highest BCUT2D eigenvalue weighted by Gasteiger charge is 2.29. The van der Waals surface area contributed by atoms with Gasteiger partial charge in [0, 0.05) is 23.7 Å². The fourth-order valence-electron chi connectivity index (χ4n) is 2.78. The average Bonchev–Trinajstić information content (AvgIpc) is 2.40. The first-order valence-corrected chi connectivity index (χ1v) is 8.72. The van der Waals surface area contributed by atoms with Crippen LogP contribution >= 0.6 is 12.4 Å². The number of rotatable bonds is 4. The molecular weight excluding hydrogens is 342 g/mol. The fraction of sp³-hybridized carbons (Fsp3) is 0.571. The van der Waals surface area contributed by atoms with Crippen LogP contribution in [0.2, 0.25) is 0 Å². The van der Waals surface area contributed by atoms with Gasteiger partial charge in [0.25, 0.3) is 5.69 Å². The third-order valence-corrected chi connectivity index (χ3v) is 5.68. The summed E-state index contributed by atoms with van der Waals surface area (Å²) in [6, 6.07) is 2.51. The van der Waals surface area contributed by atoms with Gasteiger partial charge in [-0.15, -0.1) is 12.4 Å². The van der Waals surface area contributed by atoms with Crippen LogP contribution in [-0.4, -0.2) is 32.0 Å². The van der Waals surface area contributed by atoms with Crippen molar-refractivity contribution in [1.29, 1.82) is 0 Å². The first kappa shape index (κ1) is 19.8. The Bertz CT molecular complexity index is 694. The Morgan fingerprint density at radius 3 is 2.52 bits per heavy atom. The summed E-state index contributed by atoms with van der Waals surface area (Å²) < 4.78 is 27.9. The molecule has 130 valence electrons. The molecule has 2 rings (SSSR count). The Balaban J connectivity index is 0.00000264. The van der Waals surface area contributed by atoms with Gasteiger partial charge in [-0.25, -0.2) is 13.1 Å². The summed E-state index contributed by atoms with van der Waals surface area (Å²) in [6.07, 6.45) is 1.64. The van der Waals surface area contributed by atoms with Crippen molar-refractivity contribution in [2.24, 2.45) is 0 Å². The molecule has 1 heterocycles. The van der Waals surface area contributed by atoms with Gasteiger partial charge < -0.3 is 5.32 Å². The molecule has 0 amide bonds. The third kappa shape index (κ3) is 4.41. The molecule has 2 atom stereocenters. The van der Waals surface area contributed by atoms with Gasteiger partial charge in [-0.2, -0.15) is 0 Å². The Labute approximate surface area is 142 Å². The van der Waals surface area contributed by atoms with Crippen LogP contribution in [0, 0.1) is 24.0 Å². The van der Waals surface area contributed by atoms with Gasteiger partial charge in [0.15, 0.2) is 0 Å². The molecule has 0 aliphatic carbocycles. The van der Waals surface area contributed by atoms with E-state index in [1.165, 1.54) is 6.07 Å². The number of aryl methyl sites for hydroxylation is 2. The molecule has 7 nitrogen and oxygen atoms in total. The van der Waals surface area contributed by atoms with Crippen molar-refractivity contribution in [3.63, 3.8) is 0 Å². The molecule has 9 heteroatoms. The molecular formula is C14H22ClN3O4S. The number of benzene rings is 1. The number of nitrogens with zero attached hydrogens (tertiary/aromatic N) is 1. The van der Waals surface area contributed by atoms with Gasteiger partial charge in [-0.3, -0.25) is 10.1 Å². The van der Waals surface area contributed by atoms with E-state index in [2.05, 4.69) is 10.0 Å². The predicted molar refractivity (Wildman–Crippen MR) is 90.6 cm³/mol. The Hall–Kier alpha value is -1.22. The predicted octanol–water partition coefficient (Wildman–Crippen LogP) is 2.05. The molecule has 0 bridgehead atoms. The molecule has 1 aliphatic rings. The van der Waals surface area contributed by atoms with Gasteiger partial charge >= 0.3 is 0 Å². The molecule has 0 aromatic heterocycles. The highest BCUT2D eigenvalue weighted by Crippen LogP contribution is 2.26. The third-order valence-electron chi connectivity index (χ3n) is 4.05. The maximum atomic E-state index is 12.6. The van der Waals surface area contributed by atoms with Crippen LogP contribution in [0.15, 0.2) is 17.0 Å². The summed E-state index contributed by atoms with van der Waals surface area (Å²) in [6.45, 7) is 6.04. The van der Waals surface area contributed by atoms with Crippen molar-refractivity contribution in [1.82, 2.24) is 10.0 Å². The maximum absolute atomic E-state index is 12.6. The van der Waals surface area contributed by atoms with Crippen LogP contribution in [0.25, 0.3) is 0 Å². The van der Waals surface area contributed by atoms with E-state index in [4.69, 9.17) is 0 Å². The summed E-state index contributed by atoms with van der Waals surface area (Å²) in [5, 5.41) is 14.3. The van der Waals surface area contributed by atoms with E-state index in [0.717, 1.165) is 25.5 Å². The van der Waals surface area contributed by atoms with E-state index in [1.54, 1.807) is 13.8 Å². The first-order chi connectivity index (χ1) is 10.2. The molecule has 1 aromatic rings. The van der Waals surface area contributed by atoms with Crippen LogP contribution in [0.3, 0.4) is 0 Å². The van der Waals surface area contributed by atoms with E-state index >= 15 is 0 Å². The first-order valence-electron chi connectivity index (χ1n) is 7.23. The Kier molecular flexibility index (Phi) is 6.52. The number of nitrogens with one attached hydrogen (secondary N) is 2. The zero-order valence-corrected chi connectivity index (χ0v) is 15.0. The summed E-state index contributed by atoms with van der Waals surface area (Å²) in [7, 11) is -3.79. The Morgan fingerprint density at radius 1 is 1.30 bits per heavy atom. The second kappa shape index (κ2) is 7.57. The van der Waals surface area contributed by atoms with Gasteiger partial charge in [-0.05, 0) is 51.8 Å². The zero-order chi connectivity index (χ0) is 16.5. The van der Waals surface area contributed by atoms with Crippen molar-refractivity contribution >= 4 is 28.1 Å². The maximum Gasteiger partial charge on any atom is 0.273 e. The lowest BCUT2D eigenvalue weighted by Gasteiger charge is -2.30. The second-order valence-corrected chi connectivity index (χ2v) is 7.46. The topological polar surface area (TPSA) is 101 Å². The summed E-state index contributed by atoms with van der Waals surface area (Å²) >= 11 is 0. The van der Waals surface area contributed by atoms with Gasteiger partial charge in [0.2, 0.25) is 10.0 Å². The number of nitro groups is 1. The normalized spacial score (nSPS) is 21.5. The highest BCUT2D eigenvalue weighted by atomic mass is 35.5. The SMILES string of the molecule is Cc1cc(C)c(S(=O)(=O)NC2CCCNC2C)cc1[N+](=O)[O-].Cl. The number of hydrogen-bond donors (Lipinski definition) is 2. The number of hydrogen-bond acceptors (Lipinski definition) is 5. The van der Waals surface area contributed by atoms with Crippen molar-refractivity contribution in [3.8, 4) is 0 Å². The molecule has 1 saturated heterocycles. The zero-order valence-electron chi connectivity index (χ0n) is 13.3. The van der Waals surface area contributed by atoms with E-state index < -0.39 is 14.9 Å². The number of halogens is 1. The van der Waals surface area contributed by atoms with E-state index in [0.29, 0.717) is 11.1 Å². The lowest BCUT2D eigenvalue weighted by atomic mass is 10.0. The van der Waals surface area contributed by atoms with Crippen molar-refractivity contribution in [3.05, 3.63) is 33.4 Å². The van der Waals surface area contributed by atoms with E-state index in [1.807, 2.05) is 6.92 Å². The van der Waals surface area contributed by atoms with Crippen LogP contribution < -0.4 is 10.0 Å². The van der Waals surface area contributed by atoms with Gasteiger partial charge in [-0.1, -0.05) is 0 Å². The quantitative estimate of drug-likeness (QED) is 0.629. The fourth-order valence-corrected chi connectivity index (χ4v) is 4.37. The van der Waals surface area contributed by atoms with Crippen molar-refractivity contribution in [2.45, 2.75) is 50.6 Å². The van der Waals surface area contributed by atoms with E-state index in [-0.39, 0.29) is 35.1 Å². The molecule has 0 saturated carbocycles. The number of piperidine rings is 1. The molecule has 1 aliphatic heterocycles. The molecule has 1 fully saturated rings. The minimum atomic E-state index is -3.79. The smallest absolute Gasteiger partial charge is 0.273 e. The highest BCUT2D eigenvalue weighted by molar-refractivity contribution is 7.89. The number of sulfonamides is 1. The minimum absolute atomic E-state index is 0. The average molecular weight is 364 g/mol. The molecule has 0 radical (unpaired) electrons. The van der Waals surface area contributed by atoms with Crippen LogP contribution in [-0.2, 0) is 10.0 Å². The lowest BCUT2D eigenvalue weighted by Crippen LogP contribution is -2.51. The molecule has 2 unspecified atom stereocenters. The lowest BCUT2D eigenvalue weighted by molar-refractivity contribution is -0.385. The molecule has 0 spiro atoms. The van der Waals surface area contributed by atoms with Crippen LogP contribution in [0.5, 0.6) is 0 Å². The van der Waals surface area contributed by atoms with Gasteiger partial charge in [0.05, 0.1) is 9.82 Å². The minimum Gasteiger partial charge on any atom is -0.313 e. The van der Waals surface area contributed by atoms with Crippen LogP contribution in [0.4, 0.5) is 5.69 Å².